The lowest BCUT2D eigenvalue weighted by molar-refractivity contribution is 0.0307. The zero-order chi connectivity index (χ0) is 28.6. The molecule has 10 heteroatoms. The van der Waals surface area contributed by atoms with Crippen LogP contribution in [-0.2, 0) is 11.3 Å². The van der Waals surface area contributed by atoms with E-state index >= 15 is 0 Å². The van der Waals surface area contributed by atoms with Crippen LogP contribution in [0.15, 0.2) is 57.8 Å². The maximum atomic E-state index is 13.6. The average Bonchev–Trinajstić information content (AvgIpc) is 3.52. The molecule has 0 saturated heterocycles. The van der Waals surface area contributed by atoms with Crippen molar-refractivity contribution in [2.24, 2.45) is 5.92 Å². The van der Waals surface area contributed by atoms with Gasteiger partial charge in [0, 0.05) is 18.0 Å². The first-order valence-electron chi connectivity index (χ1n) is 13.4. The highest BCUT2D eigenvalue weighted by Gasteiger charge is 2.32. The summed E-state index contributed by atoms with van der Waals surface area (Å²) in [5.74, 6) is 0.574. The fourth-order valence-electron chi connectivity index (χ4n) is 5.43. The molecule has 1 aliphatic carbocycles. The Hall–Kier alpha value is -3.85. The van der Waals surface area contributed by atoms with Crippen molar-refractivity contribution in [3.8, 4) is 0 Å². The molecule has 2 aromatic carbocycles. The number of amides is 3. The summed E-state index contributed by atoms with van der Waals surface area (Å²) in [7, 11) is 0. The minimum absolute atomic E-state index is 0.0830. The Morgan fingerprint density at radius 1 is 1.12 bits per heavy atom. The second kappa shape index (κ2) is 11.0. The first-order chi connectivity index (χ1) is 19.0. The van der Waals surface area contributed by atoms with E-state index in [1.54, 1.807) is 38.3 Å². The molecule has 4 aromatic rings. The highest BCUT2D eigenvalue weighted by atomic mass is 35.5. The molecule has 0 spiro atoms. The van der Waals surface area contributed by atoms with E-state index in [4.69, 9.17) is 20.9 Å². The largest absolute Gasteiger partial charge is 0.443 e. The van der Waals surface area contributed by atoms with Crippen molar-refractivity contribution in [2.45, 2.75) is 65.1 Å². The van der Waals surface area contributed by atoms with Gasteiger partial charge in [0.15, 0.2) is 0 Å². The van der Waals surface area contributed by atoms with Crippen molar-refractivity contribution in [1.82, 2.24) is 19.9 Å². The Balaban J connectivity index is 1.34. The van der Waals surface area contributed by atoms with Crippen LogP contribution in [0.3, 0.4) is 0 Å². The number of ether oxygens (including phenoxy) is 1. The SMILES string of the molecule is Cc1onc2c1c(=O)n([C@@H]1CC[C@H](CNC(=O)N(Cc3ccccc3)C(=O)OC(C)(C)C)C1)c1cccc(Cl)c21. The number of carbonyl (C=O) groups excluding carboxylic acids is 2. The number of hydrogen-bond acceptors (Lipinski definition) is 6. The minimum Gasteiger partial charge on any atom is -0.443 e. The number of rotatable bonds is 5. The molecule has 210 valence electrons. The van der Waals surface area contributed by atoms with Crippen molar-refractivity contribution in [3.63, 3.8) is 0 Å². The number of benzene rings is 2. The van der Waals surface area contributed by atoms with Crippen molar-refractivity contribution >= 4 is 45.5 Å². The number of carbonyl (C=O) groups is 2. The molecule has 1 saturated carbocycles. The van der Waals surface area contributed by atoms with Crippen LogP contribution in [0.1, 0.15) is 57.4 Å². The van der Waals surface area contributed by atoms with Crippen molar-refractivity contribution in [2.75, 3.05) is 6.54 Å². The Labute approximate surface area is 237 Å². The lowest BCUT2D eigenvalue weighted by Gasteiger charge is -2.27. The van der Waals surface area contributed by atoms with Crippen LogP contribution >= 0.6 is 11.6 Å². The smallest absolute Gasteiger partial charge is 0.418 e. The molecule has 2 aromatic heterocycles. The zero-order valence-electron chi connectivity index (χ0n) is 23.1. The molecule has 1 fully saturated rings. The third-order valence-corrected chi connectivity index (χ3v) is 7.56. The van der Waals surface area contributed by atoms with Crippen LogP contribution in [0.4, 0.5) is 9.59 Å². The van der Waals surface area contributed by atoms with Gasteiger partial charge >= 0.3 is 12.1 Å². The number of urea groups is 1. The first-order valence-corrected chi connectivity index (χ1v) is 13.8. The Morgan fingerprint density at radius 3 is 2.60 bits per heavy atom. The van der Waals surface area contributed by atoms with Gasteiger partial charge < -0.3 is 19.1 Å². The molecule has 0 radical (unpaired) electrons. The maximum absolute atomic E-state index is 13.6. The van der Waals surface area contributed by atoms with Crippen molar-refractivity contribution in [3.05, 3.63) is 75.2 Å². The molecule has 0 bridgehead atoms. The fourth-order valence-corrected chi connectivity index (χ4v) is 5.69. The third kappa shape index (κ3) is 5.56. The molecule has 40 heavy (non-hydrogen) atoms. The summed E-state index contributed by atoms with van der Waals surface area (Å²) in [5.41, 5.74) is 1.10. The summed E-state index contributed by atoms with van der Waals surface area (Å²) >= 11 is 6.56. The molecule has 5 rings (SSSR count). The summed E-state index contributed by atoms with van der Waals surface area (Å²) in [6, 6.07) is 14.2. The average molecular weight is 565 g/mol. The summed E-state index contributed by atoms with van der Waals surface area (Å²) in [6.45, 7) is 7.47. The number of pyridine rings is 1. The van der Waals surface area contributed by atoms with Gasteiger partial charge in [0.2, 0.25) is 0 Å². The van der Waals surface area contributed by atoms with Crippen LogP contribution in [-0.4, -0.2) is 38.9 Å². The number of nitrogens with zero attached hydrogens (tertiary/aromatic N) is 3. The van der Waals surface area contributed by atoms with Gasteiger partial charge in [0.1, 0.15) is 22.3 Å². The predicted octanol–water partition coefficient (Wildman–Crippen LogP) is 6.59. The number of fused-ring (bicyclic) bond motifs is 3. The molecule has 9 nitrogen and oxygen atoms in total. The molecular formula is C30H33ClN4O5. The standard InChI is InChI=1S/C30H33ClN4O5/c1-18-24-26(33-40-18)25-22(31)11-8-12-23(25)35(27(24)36)21-14-13-20(15-21)16-32-28(37)34(29(38)39-30(2,3)4)17-19-9-6-5-7-10-19/h5-12,20-21H,13-17H2,1-4H3,(H,32,37)/t20-,21+/m0/s1. The van der Waals surface area contributed by atoms with E-state index in [0.717, 1.165) is 23.3 Å². The lowest BCUT2D eigenvalue weighted by Crippen LogP contribution is -2.46. The minimum atomic E-state index is -0.742. The van der Waals surface area contributed by atoms with Gasteiger partial charge in [0.05, 0.1) is 17.1 Å². The Kier molecular flexibility index (Phi) is 7.59. The lowest BCUT2D eigenvalue weighted by atomic mass is 10.1. The second-order valence-electron chi connectivity index (χ2n) is 11.3. The number of aromatic nitrogens is 2. The second-order valence-corrected chi connectivity index (χ2v) is 11.7. The molecule has 0 unspecified atom stereocenters. The summed E-state index contributed by atoms with van der Waals surface area (Å²) < 4.78 is 12.7. The van der Waals surface area contributed by atoms with E-state index in [1.807, 2.05) is 42.5 Å². The van der Waals surface area contributed by atoms with Gasteiger partial charge in [0.25, 0.3) is 5.56 Å². The van der Waals surface area contributed by atoms with Gasteiger partial charge in [-0.2, -0.15) is 0 Å². The highest BCUT2D eigenvalue weighted by molar-refractivity contribution is 6.37. The molecule has 1 aliphatic rings. The molecule has 2 atom stereocenters. The van der Waals surface area contributed by atoms with E-state index < -0.39 is 17.7 Å². The fraction of sp³-hybridized carbons (Fsp3) is 0.400. The van der Waals surface area contributed by atoms with Crippen LogP contribution in [0, 0.1) is 12.8 Å². The maximum Gasteiger partial charge on any atom is 0.418 e. The number of halogens is 1. The monoisotopic (exact) mass is 564 g/mol. The third-order valence-electron chi connectivity index (χ3n) is 7.25. The molecule has 3 amide bonds. The molecular weight excluding hydrogens is 532 g/mol. The van der Waals surface area contributed by atoms with E-state index in [2.05, 4.69) is 10.5 Å². The number of imide groups is 1. The Morgan fingerprint density at radius 2 is 1.88 bits per heavy atom. The molecule has 2 heterocycles. The van der Waals surface area contributed by atoms with Gasteiger partial charge in [-0.15, -0.1) is 0 Å². The number of aryl methyl sites for hydroxylation is 1. The van der Waals surface area contributed by atoms with E-state index in [1.165, 1.54) is 0 Å². The number of nitrogens with one attached hydrogen (secondary N) is 1. The van der Waals surface area contributed by atoms with Gasteiger partial charge in [-0.25, -0.2) is 14.5 Å². The van der Waals surface area contributed by atoms with E-state index in [9.17, 15) is 14.4 Å². The summed E-state index contributed by atoms with van der Waals surface area (Å²) in [6.07, 6.45) is 1.55. The van der Waals surface area contributed by atoms with Gasteiger partial charge in [-0.3, -0.25) is 4.79 Å². The van der Waals surface area contributed by atoms with Gasteiger partial charge in [-0.1, -0.05) is 53.2 Å². The summed E-state index contributed by atoms with van der Waals surface area (Å²) in [4.78, 5) is 40.9. The van der Waals surface area contributed by atoms with Crippen LogP contribution in [0.25, 0.3) is 21.8 Å². The van der Waals surface area contributed by atoms with Crippen LogP contribution in [0.5, 0.6) is 0 Å². The first kappa shape index (κ1) is 27.7. The normalized spacial score (nSPS) is 17.3. The number of hydrogen-bond donors (Lipinski definition) is 1. The van der Waals surface area contributed by atoms with E-state index in [-0.39, 0.29) is 24.1 Å². The van der Waals surface area contributed by atoms with Crippen LogP contribution in [0.2, 0.25) is 5.02 Å². The molecule has 0 aliphatic heterocycles. The van der Waals surface area contributed by atoms with Crippen molar-refractivity contribution < 1.29 is 18.8 Å². The zero-order valence-corrected chi connectivity index (χ0v) is 23.8. The van der Waals surface area contributed by atoms with Gasteiger partial charge in [-0.05, 0) is 70.6 Å². The Bertz CT molecular complexity index is 1620. The molecule has 1 N–H and O–H groups in total. The summed E-state index contributed by atoms with van der Waals surface area (Å²) in [5, 5.41) is 8.69. The predicted molar refractivity (Wildman–Crippen MR) is 154 cm³/mol. The van der Waals surface area contributed by atoms with Crippen molar-refractivity contribution in [1.29, 1.82) is 0 Å². The van der Waals surface area contributed by atoms with Crippen LogP contribution < -0.4 is 10.9 Å². The van der Waals surface area contributed by atoms with E-state index in [0.29, 0.717) is 45.6 Å². The quantitative estimate of drug-likeness (QED) is 0.293. The topological polar surface area (TPSA) is 107 Å². The highest BCUT2D eigenvalue weighted by Crippen LogP contribution is 2.38.